The number of hydrogen-bond donors (Lipinski definition) is 1. The van der Waals surface area contributed by atoms with Gasteiger partial charge in [0.1, 0.15) is 0 Å². The van der Waals surface area contributed by atoms with Crippen molar-refractivity contribution in [3.63, 3.8) is 0 Å². The van der Waals surface area contributed by atoms with E-state index in [4.69, 9.17) is 20.9 Å². The SMILES string of the molecule is CC1(C)OB(c2cc(Cl)ccc2C(=O)O)OC1(C)C. The zero-order chi connectivity index (χ0) is 14.4. The van der Waals surface area contributed by atoms with Crippen LogP contribution in [-0.4, -0.2) is 29.4 Å². The van der Waals surface area contributed by atoms with Crippen LogP contribution in [0.5, 0.6) is 0 Å². The first-order valence-electron chi connectivity index (χ1n) is 6.02. The molecular formula is C13H16BClO4. The summed E-state index contributed by atoms with van der Waals surface area (Å²) in [5, 5.41) is 9.68. The van der Waals surface area contributed by atoms with E-state index in [1.807, 2.05) is 27.7 Å². The molecule has 1 saturated heterocycles. The maximum absolute atomic E-state index is 11.3. The molecule has 0 aliphatic carbocycles. The molecule has 0 amide bonds. The van der Waals surface area contributed by atoms with Gasteiger partial charge in [-0.15, -0.1) is 0 Å². The molecule has 0 atom stereocenters. The number of carbonyl (C=O) groups is 1. The minimum absolute atomic E-state index is 0.142. The lowest BCUT2D eigenvalue weighted by atomic mass is 9.76. The van der Waals surface area contributed by atoms with E-state index in [1.165, 1.54) is 6.07 Å². The normalized spacial score (nSPS) is 20.6. The second-order valence-corrected chi connectivity index (χ2v) is 6.06. The lowest BCUT2D eigenvalue weighted by Gasteiger charge is -2.32. The van der Waals surface area contributed by atoms with Crippen molar-refractivity contribution in [2.45, 2.75) is 38.9 Å². The van der Waals surface area contributed by atoms with Gasteiger partial charge in [-0.2, -0.15) is 0 Å². The Hall–Kier alpha value is -1.04. The van der Waals surface area contributed by atoms with Crippen LogP contribution in [-0.2, 0) is 9.31 Å². The summed E-state index contributed by atoms with van der Waals surface area (Å²) in [5.74, 6) is -1.03. The number of halogens is 1. The van der Waals surface area contributed by atoms with Gasteiger partial charge in [0.05, 0.1) is 16.8 Å². The molecule has 1 N–H and O–H groups in total. The predicted octanol–water partition coefficient (Wildman–Crippen LogP) is 2.34. The van der Waals surface area contributed by atoms with Gasteiger partial charge < -0.3 is 14.4 Å². The van der Waals surface area contributed by atoms with Gasteiger partial charge in [0, 0.05) is 5.02 Å². The number of carboxylic acid groups (broad SMARTS) is 1. The molecule has 1 heterocycles. The minimum Gasteiger partial charge on any atom is -0.478 e. The zero-order valence-electron chi connectivity index (χ0n) is 11.4. The lowest BCUT2D eigenvalue weighted by Crippen LogP contribution is -2.41. The van der Waals surface area contributed by atoms with Crippen LogP contribution in [0, 0.1) is 0 Å². The summed E-state index contributed by atoms with van der Waals surface area (Å²) in [6.07, 6.45) is 0. The van der Waals surface area contributed by atoms with Crippen molar-refractivity contribution in [2.75, 3.05) is 0 Å². The third kappa shape index (κ3) is 2.50. The molecule has 1 aliphatic heterocycles. The van der Waals surface area contributed by atoms with Crippen molar-refractivity contribution >= 4 is 30.2 Å². The third-order valence-corrected chi connectivity index (χ3v) is 3.99. The molecule has 0 unspecified atom stereocenters. The van der Waals surface area contributed by atoms with Gasteiger partial charge in [-0.1, -0.05) is 11.6 Å². The molecular weight excluding hydrogens is 266 g/mol. The first kappa shape index (κ1) is 14.4. The fraction of sp³-hybridized carbons (Fsp3) is 0.462. The summed E-state index contributed by atoms with van der Waals surface area (Å²) >= 11 is 5.94. The van der Waals surface area contributed by atoms with Crippen LogP contribution < -0.4 is 5.46 Å². The maximum atomic E-state index is 11.3. The molecule has 1 aromatic carbocycles. The molecule has 1 fully saturated rings. The number of hydrogen-bond acceptors (Lipinski definition) is 3. The van der Waals surface area contributed by atoms with E-state index in [-0.39, 0.29) is 5.56 Å². The molecule has 1 aliphatic rings. The first-order valence-corrected chi connectivity index (χ1v) is 6.40. The third-order valence-electron chi connectivity index (χ3n) is 3.75. The van der Waals surface area contributed by atoms with Crippen molar-refractivity contribution in [1.82, 2.24) is 0 Å². The molecule has 2 rings (SSSR count). The summed E-state index contributed by atoms with van der Waals surface area (Å²) in [6, 6.07) is 4.58. The molecule has 1 aromatic rings. The van der Waals surface area contributed by atoms with Crippen LogP contribution in [0.4, 0.5) is 0 Å². The van der Waals surface area contributed by atoms with Crippen molar-refractivity contribution in [2.24, 2.45) is 0 Å². The van der Waals surface area contributed by atoms with Crippen LogP contribution in [0.1, 0.15) is 38.1 Å². The number of rotatable bonds is 2. The van der Waals surface area contributed by atoms with Gasteiger partial charge in [-0.3, -0.25) is 0 Å². The number of benzene rings is 1. The Labute approximate surface area is 117 Å². The van der Waals surface area contributed by atoms with Crippen molar-refractivity contribution < 1.29 is 19.2 Å². The summed E-state index contributed by atoms with van der Waals surface area (Å²) in [7, 11) is -0.727. The molecule has 0 aromatic heterocycles. The molecule has 4 nitrogen and oxygen atoms in total. The average Bonchev–Trinajstić information content (AvgIpc) is 2.47. The van der Waals surface area contributed by atoms with E-state index in [9.17, 15) is 9.90 Å². The van der Waals surface area contributed by atoms with Crippen molar-refractivity contribution in [3.05, 3.63) is 28.8 Å². The molecule has 102 valence electrons. The highest BCUT2D eigenvalue weighted by Gasteiger charge is 2.52. The molecule has 0 bridgehead atoms. The topological polar surface area (TPSA) is 55.8 Å². The molecule has 6 heteroatoms. The van der Waals surface area contributed by atoms with E-state index in [0.29, 0.717) is 10.5 Å². The summed E-state index contributed by atoms with van der Waals surface area (Å²) in [5.41, 5.74) is -0.451. The van der Waals surface area contributed by atoms with E-state index < -0.39 is 24.3 Å². The van der Waals surface area contributed by atoms with Crippen LogP contribution in [0.2, 0.25) is 5.02 Å². The largest absolute Gasteiger partial charge is 0.495 e. The van der Waals surface area contributed by atoms with Crippen LogP contribution in [0.25, 0.3) is 0 Å². The fourth-order valence-corrected chi connectivity index (χ4v) is 2.07. The van der Waals surface area contributed by atoms with Gasteiger partial charge in [0.15, 0.2) is 0 Å². The van der Waals surface area contributed by atoms with E-state index in [1.54, 1.807) is 12.1 Å². The summed E-state index contributed by atoms with van der Waals surface area (Å²) in [6.45, 7) is 7.66. The molecule has 0 saturated carbocycles. The number of carboxylic acids is 1. The number of aromatic carboxylic acids is 1. The van der Waals surface area contributed by atoms with Crippen molar-refractivity contribution in [1.29, 1.82) is 0 Å². The van der Waals surface area contributed by atoms with E-state index >= 15 is 0 Å². The van der Waals surface area contributed by atoms with Gasteiger partial charge in [0.25, 0.3) is 0 Å². The quantitative estimate of drug-likeness (QED) is 0.846. The van der Waals surface area contributed by atoms with Crippen LogP contribution >= 0.6 is 11.6 Å². The average molecular weight is 283 g/mol. The highest BCUT2D eigenvalue weighted by molar-refractivity contribution is 6.64. The van der Waals surface area contributed by atoms with Gasteiger partial charge in [-0.25, -0.2) is 4.79 Å². The molecule has 0 radical (unpaired) electrons. The summed E-state index contributed by atoms with van der Waals surface area (Å²) < 4.78 is 11.7. The second-order valence-electron chi connectivity index (χ2n) is 5.62. The van der Waals surface area contributed by atoms with Gasteiger partial charge in [0.2, 0.25) is 0 Å². The van der Waals surface area contributed by atoms with E-state index in [0.717, 1.165) is 0 Å². The Kier molecular flexibility index (Phi) is 3.41. The maximum Gasteiger partial charge on any atom is 0.495 e. The highest BCUT2D eigenvalue weighted by atomic mass is 35.5. The van der Waals surface area contributed by atoms with Crippen molar-refractivity contribution in [3.8, 4) is 0 Å². The minimum atomic E-state index is -1.03. The zero-order valence-corrected chi connectivity index (χ0v) is 12.1. The first-order chi connectivity index (χ1) is 8.64. The molecule has 0 spiro atoms. The Balaban J connectivity index is 2.44. The highest BCUT2D eigenvalue weighted by Crippen LogP contribution is 2.36. The van der Waals surface area contributed by atoms with Crippen LogP contribution in [0.3, 0.4) is 0 Å². The Morgan fingerprint density at radius 2 is 1.74 bits per heavy atom. The lowest BCUT2D eigenvalue weighted by molar-refractivity contribution is 0.00578. The summed E-state index contributed by atoms with van der Waals surface area (Å²) in [4.78, 5) is 11.3. The second kappa shape index (κ2) is 4.51. The van der Waals surface area contributed by atoms with Gasteiger partial charge >= 0.3 is 13.1 Å². The Morgan fingerprint density at radius 1 is 1.21 bits per heavy atom. The van der Waals surface area contributed by atoms with Gasteiger partial charge in [-0.05, 0) is 51.4 Å². The van der Waals surface area contributed by atoms with E-state index in [2.05, 4.69) is 0 Å². The Morgan fingerprint density at radius 3 is 2.21 bits per heavy atom. The monoisotopic (exact) mass is 282 g/mol. The smallest absolute Gasteiger partial charge is 0.478 e. The standard InChI is InChI=1S/C13H16BClO4/c1-12(2)13(3,4)19-14(18-12)10-7-8(15)5-6-9(10)11(16)17/h5-7H,1-4H3,(H,16,17). The Bertz CT molecular complexity index is 511. The van der Waals surface area contributed by atoms with Crippen LogP contribution in [0.15, 0.2) is 18.2 Å². The fourth-order valence-electron chi connectivity index (χ4n) is 1.89. The predicted molar refractivity (Wildman–Crippen MR) is 74.1 cm³/mol. The molecule has 19 heavy (non-hydrogen) atoms.